The number of benzene rings is 1. The van der Waals surface area contributed by atoms with Gasteiger partial charge in [0.25, 0.3) is 0 Å². The van der Waals surface area contributed by atoms with Gasteiger partial charge in [0.15, 0.2) is 0 Å². The number of hydrogen-bond acceptors (Lipinski definition) is 2. The predicted molar refractivity (Wildman–Crippen MR) is 69.8 cm³/mol. The molecule has 0 N–H and O–H groups in total. The van der Waals surface area contributed by atoms with E-state index >= 15 is 0 Å². The molecular weight excluding hydrogens is 212 g/mol. The molecule has 0 aliphatic rings. The fraction of sp³-hybridized carbons (Fsp3) is 0.533. The summed E-state index contributed by atoms with van der Waals surface area (Å²) in [4.78, 5) is 11.9. The van der Waals surface area contributed by atoms with E-state index in [0.29, 0.717) is 0 Å². The first-order chi connectivity index (χ1) is 7.94. The van der Waals surface area contributed by atoms with Gasteiger partial charge in [-0.15, -0.1) is 0 Å². The van der Waals surface area contributed by atoms with Gasteiger partial charge < -0.3 is 4.74 Å². The Bertz CT molecular complexity index is 354. The molecule has 0 saturated carbocycles. The van der Waals surface area contributed by atoms with Crippen molar-refractivity contribution >= 4 is 5.97 Å². The Morgan fingerprint density at radius 1 is 1.29 bits per heavy atom. The number of carbonyl (C=O) groups excluding carboxylic acids is 1. The summed E-state index contributed by atoms with van der Waals surface area (Å²) in [5, 5.41) is 0. The van der Waals surface area contributed by atoms with Crippen LogP contribution in [-0.4, -0.2) is 11.6 Å². The average Bonchev–Trinajstić information content (AvgIpc) is 2.30. The largest absolute Gasteiger partial charge is 0.459 e. The van der Waals surface area contributed by atoms with Crippen LogP contribution in [0.3, 0.4) is 0 Å². The Labute approximate surface area is 104 Å². The SMILES string of the molecule is CCC(C)(C)OC(=O)C(C)Cc1ccccc1. The second kappa shape index (κ2) is 5.85. The van der Waals surface area contributed by atoms with Crippen LogP contribution in [0.15, 0.2) is 30.3 Å². The third kappa shape index (κ3) is 4.59. The lowest BCUT2D eigenvalue weighted by molar-refractivity contribution is -0.161. The van der Waals surface area contributed by atoms with Crippen LogP contribution in [0.1, 0.15) is 39.7 Å². The first kappa shape index (κ1) is 13.8. The van der Waals surface area contributed by atoms with Crippen LogP contribution in [0.4, 0.5) is 0 Å². The molecule has 0 amide bonds. The Kier molecular flexibility index (Phi) is 4.73. The molecule has 1 unspecified atom stereocenters. The van der Waals surface area contributed by atoms with Crippen molar-refractivity contribution in [1.29, 1.82) is 0 Å². The molecule has 94 valence electrons. The van der Waals surface area contributed by atoms with E-state index in [9.17, 15) is 4.79 Å². The van der Waals surface area contributed by atoms with Crippen molar-refractivity contribution in [3.8, 4) is 0 Å². The highest BCUT2D eigenvalue weighted by Crippen LogP contribution is 2.18. The molecule has 17 heavy (non-hydrogen) atoms. The molecule has 2 nitrogen and oxygen atoms in total. The summed E-state index contributed by atoms with van der Waals surface area (Å²) in [5.41, 5.74) is 0.813. The second-order valence-electron chi connectivity index (χ2n) is 5.13. The molecule has 1 rings (SSSR count). The molecular formula is C15H22O2. The third-order valence-electron chi connectivity index (χ3n) is 3.02. The lowest BCUT2D eigenvalue weighted by Gasteiger charge is -2.25. The van der Waals surface area contributed by atoms with Gasteiger partial charge in [-0.1, -0.05) is 44.2 Å². The molecule has 2 heteroatoms. The minimum Gasteiger partial charge on any atom is -0.459 e. The van der Waals surface area contributed by atoms with Crippen molar-refractivity contribution in [1.82, 2.24) is 0 Å². The van der Waals surface area contributed by atoms with E-state index in [-0.39, 0.29) is 17.5 Å². The molecule has 1 aromatic carbocycles. The van der Waals surface area contributed by atoms with Crippen molar-refractivity contribution in [3.63, 3.8) is 0 Å². The summed E-state index contributed by atoms with van der Waals surface area (Å²) in [6.07, 6.45) is 1.57. The third-order valence-corrected chi connectivity index (χ3v) is 3.02. The van der Waals surface area contributed by atoms with E-state index in [2.05, 4.69) is 0 Å². The standard InChI is InChI=1S/C15H22O2/c1-5-15(3,4)17-14(16)12(2)11-13-9-7-6-8-10-13/h6-10,12H,5,11H2,1-4H3. The van der Waals surface area contributed by atoms with Gasteiger partial charge in [0.1, 0.15) is 5.60 Å². The highest BCUT2D eigenvalue weighted by atomic mass is 16.6. The van der Waals surface area contributed by atoms with Gasteiger partial charge >= 0.3 is 5.97 Å². The Morgan fingerprint density at radius 3 is 2.41 bits per heavy atom. The number of carbonyl (C=O) groups is 1. The van der Waals surface area contributed by atoms with Crippen LogP contribution in [0.5, 0.6) is 0 Å². The van der Waals surface area contributed by atoms with Crippen LogP contribution < -0.4 is 0 Å². The Balaban J connectivity index is 2.54. The summed E-state index contributed by atoms with van der Waals surface area (Å²) >= 11 is 0. The molecule has 1 atom stereocenters. The van der Waals surface area contributed by atoms with Gasteiger partial charge in [-0.3, -0.25) is 4.79 Å². The fourth-order valence-electron chi connectivity index (χ4n) is 1.50. The monoisotopic (exact) mass is 234 g/mol. The van der Waals surface area contributed by atoms with Crippen LogP contribution in [0, 0.1) is 5.92 Å². The van der Waals surface area contributed by atoms with E-state index in [4.69, 9.17) is 4.74 Å². The summed E-state index contributed by atoms with van der Waals surface area (Å²) in [5.74, 6) is -0.205. The Hall–Kier alpha value is -1.31. The van der Waals surface area contributed by atoms with E-state index in [0.717, 1.165) is 12.8 Å². The quantitative estimate of drug-likeness (QED) is 0.728. The maximum absolute atomic E-state index is 11.9. The van der Waals surface area contributed by atoms with Crippen molar-refractivity contribution in [2.24, 2.45) is 5.92 Å². The summed E-state index contributed by atoms with van der Waals surface area (Å²) < 4.78 is 5.48. The van der Waals surface area contributed by atoms with E-state index in [1.165, 1.54) is 5.56 Å². The van der Waals surface area contributed by atoms with Gasteiger partial charge in [-0.05, 0) is 32.3 Å². The minimum absolute atomic E-state index is 0.0942. The molecule has 0 aromatic heterocycles. The van der Waals surface area contributed by atoms with Gasteiger partial charge in [0.05, 0.1) is 5.92 Å². The highest BCUT2D eigenvalue weighted by Gasteiger charge is 2.24. The van der Waals surface area contributed by atoms with Crippen molar-refractivity contribution < 1.29 is 9.53 Å². The summed E-state index contributed by atoms with van der Waals surface area (Å²) in [6, 6.07) is 10.0. The van der Waals surface area contributed by atoms with Crippen LogP contribution in [0.25, 0.3) is 0 Å². The van der Waals surface area contributed by atoms with E-state index < -0.39 is 0 Å². The molecule has 0 spiro atoms. The number of rotatable bonds is 5. The van der Waals surface area contributed by atoms with Gasteiger partial charge in [-0.25, -0.2) is 0 Å². The summed E-state index contributed by atoms with van der Waals surface area (Å²) in [7, 11) is 0. The molecule has 0 bridgehead atoms. The normalized spacial score (nSPS) is 13.2. The molecule has 1 aromatic rings. The first-order valence-electron chi connectivity index (χ1n) is 6.21. The maximum atomic E-state index is 11.9. The first-order valence-corrected chi connectivity index (χ1v) is 6.21. The van der Waals surface area contributed by atoms with Crippen LogP contribution >= 0.6 is 0 Å². The number of ether oxygens (including phenoxy) is 1. The van der Waals surface area contributed by atoms with Gasteiger partial charge in [0.2, 0.25) is 0 Å². The lowest BCUT2D eigenvalue weighted by Crippen LogP contribution is -2.30. The molecule has 0 aliphatic heterocycles. The average molecular weight is 234 g/mol. The Morgan fingerprint density at radius 2 is 1.88 bits per heavy atom. The molecule has 0 fully saturated rings. The zero-order valence-corrected chi connectivity index (χ0v) is 11.2. The smallest absolute Gasteiger partial charge is 0.309 e. The van der Waals surface area contributed by atoms with Crippen LogP contribution in [0.2, 0.25) is 0 Å². The highest BCUT2D eigenvalue weighted by molar-refractivity contribution is 5.72. The van der Waals surface area contributed by atoms with Crippen molar-refractivity contribution in [3.05, 3.63) is 35.9 Å². The van der Waals surface area contributed by atoms with E-state index in [1.54, 1.807) is 0 Å². The summed E-state index contributed by atoms with van der Waals surface area (Å²) in [6.45, 7) is 7.83. The maximum Gasteiger partial charge on any atom is 0.309 e. The van der Waals surface area contributed by atoms with Crippen molar-refractivity contribution in [2.75, 3.05) is 0 Å². The van der Waals surface area contributed by atoms with Crippen molar-refractivity contribution in [2.45, 2.75) is 46.1 Å². The molecule has 0 saturated heterocycles. The second-order valence-corrected chi connectivity index (χ2v) is 5.13. The van der Waals surface area contributed by atoms with Gasteiger partial charge in [0, 0.05) is 0 Å². The number of hydrogen-bond donors (Lipinski definition) is 0. The van der Waals surface area contributed by atoms with Crippen LogP contribution in [-0.2, 0) is 16.0 Å². The van der Waals surface area contributed by atoms with E-state index in [1.807, 2.05) is 58.0 Å². The van der Waals surface area contributed by atoms with Gasteiger partial charge in [-0.2, -0.15) is 0 Å². The zero-order valence-electron chi connectivity index (χ0n) is 11.2. The fourth-order valence-corrected chi connectivity index (χ4v) is 1.50. The topological polar surface area (TPSA) is 26.3 Å². The minimum atomic E-state index is -0.359. The predicted octanol–water partition coefficient (Wildman–Crippen LogP) is 3.60. The zero-order chi connectivity index (χ0) is 12.9. The molecule has 0 radical (unpaired) electrons. The molecule has 0 heterocycles. The molecule has 0 aliphatic carbocycles. The lowest BCUT2D eigenvalue weighted by atomic mass is 10.0. The number of esters is 1.